The molecule has 5 rings (SSSR count). The zero-order valence-electron chi connectivity index (χ0n) is 25.6. The van der Waals surface area contributed by atoms with E-state index < -0.39 is 54.0 Å². The molecule has 3 aromatic carbocycles. The Morgan fingerprint density at radius 3 is 2.15 bits per heavy atom. The first-order chi connectivity index (χ1) is 22.2. The van der Waals surface area contributed by atoms with Gasteiger partial charge in [0.2, 0.25) is 17.7 Å². The molecule has 11 heteroatoms. The highest BCUT2D eigenvalue weighted by molar-refractivity contribution is 5.95. The van der Waals surface area contributed by atoms with Crippen LogP contribution in [0.2, 0.25) is 0 Å². The van der Waals surface area contributed by atoms with Gasteiger partial charge in [-0.3, -0.25) is 14.4 Å². The van der Waals surface area contributed by atoms with E-state index in [9.17, 15) is 24.3 Å². The number of H-pyrrole nitrogens is 1. The molecule has 1 aliphatic heterocycles. The van der Waals surface area contributed by atoms with Crippen LogP contribution in [0.25, 0.3) is 10.9 Å². The molecule has 3 amide bonds. The van der Waals surface area contributed by atoms with Crippen LogP contribution in [0.4, 0.5) is 0 Å². The molecule has 240 valence electrons. The summed E-state index contributed by atoms with van der Waals surface area (Å²) in [4.78, 5) is 58.2. The van der Waals surface area contributed by atoms with Crippen molar-refractivity contribution >= 4 is 34.6 Å². The Bertz CT molecular complexity index is 1660. The number of rotatable bonds is 12. The Hall–Kier alpha value is -5.00. The highest BCUT2D eigenvalue weighted by Crippen LogP contribution is 2.22. The molecule has 2 heterocycles. The molecule has 5 atom stereocenters. The van der Waals surface area contributed by atoms with Crippen molar-refractivity contribution in [2.45, 2.75) is 56.0 Å². The van der Waals surface area contributed by atoms with E-state index in [4.69, 9.17) is 10.5 Å². The van der Waals surface area contributed by atoms with Crippen molar-refractivity contribution in [2.24, 2.45) is 5.73 Å². The van der Waals surface area contributed by atoms with Crippen molar-refractivity contribution in [3.8, 4) is 0 Å². The minimum Gasteiger partial charge on any atom is -0.467 e. The number of aliphatic hydroxyl groups excluding tert-OH is 1. The van der Waals surface area contributed by atoms with Gasteiger partial charge in [0.15, 0.2) is 0 Å². The minimum absolute atomic E-state index is 0.0249. The van der Waals surface area contributed by atoms with Crippen molar-refractivity contribution in [1.82, 2.24) is 20.5 Å². The first-order valence-corrected chi connectivity index (χ1v) is 15.3. The number of esters is 1. The van der Waals surface area contributed by atoms with Gasteiger partial charge in [0.25, 0.3) is 0 Å². The maximum Gasteiger partial charge on any atom is 0.328 e. The van der Waals surface area contributed by atoms with Crippen LogP contribution in [0.3, 0.4) is 0 Å². The number of ether oxygens (including phenoxy) is 1. The average Bonchev–Trinajstić information content (AvgIpc) is 3.67. The lowest BCUT2D eigenvalue weighted by atomic mass is 10.0. The monoisotopic (exact) mass is 625 g/mol. The summed E-state index contributed by atoms with van der Waals surface area (Å²) in [6.07, 6.45) is 1.39. The summed E-state index contributed by atoms with van der Waals surface area (Å²) in [6.45, 7) is -0.110. The molecule has 1 aliphatic rings. The number of hydrogen-bond acceptors (Lipinski definition) is 7. The van der Waals surface area contributed by atoms with Crippen molar-refractivity contribution in [3.05, 3.63) is 108 Å². The number of carbonyl (C=O) groups excluding carboxylic acids is 4. The topological polar surface area (TPSA) is 167 Å². The lowest BCUT2D eigenvalue weighted by Gasteiger charge is -2.30. The van der Waals surface area contributed by atoms with Crippen molar-refractivity contribution in [2.75, 3.05) is 13.7 Å². The number of carbonyl (C=O) groups is 4. The molecule has 1 aromatic heterocycles. The number of aliphatic hydroxyl groups is 1. The van der Waals surface area contributed by atoms with Crippen LogP contribution in [0.5, 0.6) is 0 Å². The van der Waals surface area contributed by atoms with Crippen LogP contribution >= 0.6 is 0 Å². The fourth-order valence-corrected chi connectivity index (χ4v) is 5.92. The zero-order valence-corrected chi connectivity index (χ0v) is 25.6. The minimum atomic E-state index is -1.07. The number of hydrogen-bond donors (Lipinski definition) is 5. The summed E-state index contributed by atoms with van der Waals surface area (Å²) in [5.74, 6) is -2.29. The number of para-hydroxylation sites is 1. The summed E-state index contributed by atoms with van der Waals surface area (Å²) in [6, 6.07) is 22.0. The molecular formula is C35H39N5O6. The predicted molar refractivity (Wildman–Crippen MR) is 172 cm³/mol. The number of amides is 3. The van der Waals surface area contributed by atoms with Crippen LogP contribution in [0, 0.1) is 0 Å². The molecule has 1 saturated heterocycles. The van der Waals surface area contributed by atoms with Gasteiger partial charge in [-0.15, -0.1) is 0 Å². The van der Waals surface area contributed by atoms with E-state index in [1.165, 1.54) is 12.0 Å². The molecular weight excluding hydrogens is 586 g/mol. The molecule has 0 bridgehead atoms. The summed E-state index contributed by atoms with van der Waals surface area (Å²) in [7, 11) is 1.24. The average molecular weight is 626 g/mol. The first kappa shape index (κ1) is 32.4. The second kappa shape index (κ2) is 14.9. The van der Waals surface area contributed by atoms with Gasteiger partial charge in [-0.05, 0) is 29.2 Å². The van der Waals surface area contributed by atoms with Gasteiger partial charge in [-0.25, -0.2) is 4.79 Å². The molecule has 4 aromatic rings. The molecule has 0 aliphatic carbocycles. The summed E-state index contributed by atoms with van der Waals surface area (Å²) < 4.78 is 4.93. The molecule has 46 heavy (non-hydrogen) atoms. The molecule has 6 N–H and O–H groups in total. The van der Waals surface area contributed by atoms with Crippen LogP contribution in [-0.2, 0) is 43.2 Å². The maximum atomic E-state index is 14.1. The predicted octanol–water partition coefficient (Wildman–Crippen LogP) is 1.63. The maximum absolute atomic E-state index is 14.1. The number of aromatic nitrogens is 1. The first-order valence-electron chi connectivity index (χ1n) is 15.3. The van der Waals surface area contributed by atoms with Gasteiger partial charge < -0.3 is 36.1 Å². The fourth-order valence-electron chi connectivity index (χ4n) is 5.92. The van der Waals surface area contributed by atoms with Crippen molar-refractivity contribution < 1.29 is 29.0 Å². The van der Waals surface area contributed by atoms with E-state index in [-0.39, 0.29) is 32.2 Å². The molecule has 1 fully saturated rings. The molecule has 0 spiro atoms. The van der Waals surface area contributed by atoms with Gasteiger partial charge in [-0.1, -0.05) is 78.9 Å². The van der Waals surface area contributed by atoms with Crippen LogP contribution in [0.1, 0.15) is 23.1 Å². The number of β-amino-alcohol motifs (C(OH)–C–C–N with tert-alkyl or cyclic N) is 1. The van der Waals surface area contributed by atoms with E-state index in [0.29, 0.717) is 0 Å². The Labute approximate surface area is 267 Å². The van der Waals surface area contributed by atoms with Crippen LogP contribution in [0.15, 0.2) is 91.1 Å². The number of nitrogens with two attached hydrogens (primary N) is 1. The van der Waals surface area contributed by atoms with E-state index in [2.05, 4.69) is 15.6 Å². The molecule has 0 saturated carbocycles. The van der Waals surface area contributed by atoms with Gasteiger partial charge in [0.1, 0.15) is 18.1 Å². The molecule has 0 radical (unpaired) electrons. The number of nitrogens with one attached hydrogen (secondary N) is 3. The second-order valence-electron chi connectivity index (χ2n) is 11.6. The van der Waals surface area contributed by atoms with E-state index in [1.807, 2.05) is 91.1 Å². The van der Waals surface area contributed by atoms with E-state index in [1.54, 1.807) is 0 Å². The SMILES string of the molecule is COC(=O)[C@H](Cc1ccccc1)NC(=O)[C@H]1C[C@@H](O)CN1C(=O)[C@H](Cc1ccccc1)NC(=O)[C@H](N)Cc1c[nH]c2ccccc12. The van der Waals surface area contributed by atoms with Gasteiger partial charge in [-0.2, -0.15) is 0 Å². The fraction of sp³-hybridized carbons (Fsp3) is 0.314. The highest BCUT2D eigenvalue weighted by atomic mass is 16.5. The van der Waals surface area contributed by atoms with Gasteiger partial charge in [0.05, 0.1) is 19.3 Å². The van der Waals surface area contributed by atoms with Gasteiger partial charge in [0, 0.05) is 42.9 Å². The quantitative estimate of drug-likeness (QED) is 0.149. The largest absolute Gasteiger partial charge is 0.467 e. The summed E-state index contributed by atoms with van der Waals surface area (Å²) >= 11 is 0. The highest BCUT2D eigenvalue weighted by Gasteiger charge is 2.42. The standard InChI is InChI=1S/C35H39N5O6/c1-46-35(45)30(17-23-12-6-3-7-13-23)39-33(43)31-19-25(41)21-40(31)34(44)29(16-22-10-4-2-5-11-22)38-32(42)27(36)18-24-20-37-28-15-9-8-14-26(24)28/h2-15,20,25,27,29-31,37,41H,16-19,21,36H2,1H3,(H,38,42)(H,39,43)/t25-,27-,29+,30+,31-/m1/s1. The number of aromatic amines is 1. The normalized spacial score (nSPS) is 18.0. The second-order valence-corrected chi connectivity index (χ2v) is 11.6. The van der Waals surface area contributed by atoms with Crippen molar-refractivity contribution in [3.63, 3.8) is 0 Å². The lowest BCUT2D eigenvalue weighted by molar-refractivity contribution is -0.146. The Balaban J connectivity index is 1.33. The third-order valence-electron chi connectivity index (χ3n) is 8.30. The third kappa shape index (κ3) is 7.79. The number of nitrogens with zero attached hydrogens (tertiary/aromatic N) is 1. The molecule has 0 unspecified atom stereocenters. The number of methoxy groups -OCH3 is 1. The third-order valence-corrected chi connectivity index (χ3v) is 8.30. The lowest BCUT2D eigenvalue weighted by Crippen LogP contribution is -2.57. The molecule has 11 nitrogen and oxygen atoms in total. The van der Waals surface area contributed by atoms with Gasteiger partial charge >= 0.3 is 5.97 Å². The smallest absolute Gasteiger partial charge is 0.328 e. The van der Waals surface area contributed by atoms with Crippen molar-refractivity contribution in [1.29, 1.82) is 0 Å². The zero-order chi connectivity index (χ0) is 32.6. The number of benzene rings is 3. The summed E-state index contributed by atoms with van der Waals surface area (Å²) in [5.41, 5.74) is 9.76. The van der Waals surface area contributed by atoms with Crippen LogP contribution in [-0.4, -0.2) is 82.6 Å². The number of fused-ring (bicyclic) bond motifs is 1. The Kier molecular flexibility index (Phi) is 10.5. The van der Waals surface area contributed by atoms with E-state index in [0.717, 1.165) is 27.6 Å². The summed E-state index contributed by atoms with van der Waals surface area (Å²) in [5, 5.41) is 17.1. The Morgan fingerprint density at radius 2 is 1.50 bits per heavy atom. The number of likely N-dealkylation sites (tertiary alicyclic amines) is 1. The Morgan fingerprint density at radius 1 is 0.891 bits per heavy atom. The van der Waals surface area contributed by atoms with E-state index >= 15 is 0 Å². The van der Waals surface area contributed by atoms with Crippen LogP contribution < -0.4 is 16.4 Å².